The number of carbonyl (C=O) groups is 1. The molecule has 0 aliphatic heterocycles. The fraction of sp³-hybridized carbons (Fsp3) is 0.462. The molecule has 2 aromatic heterocycles. The molecule has 0 bridgehead atoms. The molecule has 0 radical (unpaired) electrons. The molecule has 8 heteroatoms. The van der Waals surface area contributed by atoms with E-state index in [1.807, 2.05) is 13.8 Å². The van der Waals surface area contributed by atoms with Gasteiger partial charge in [0, 0.05) is 25.9 Å². The van der Waals surface area contributed by atoms with Crippen molar-refractivity contribution in [2.24, 2.45) is 0 Å². The van der Waals surface area contributed by atoms with Gasteiger partial charge in [0.2, 0.25) is 0 Å². The predicted octanol–water partition coefficient (Wildman–Crippen LogP) is 0.732. The smallest absolute Gasteiger partial charge is 0.272 e. The second kappa shape index (κ2) is 6.78. The molecule has 2 aromatic rings. The number of hydrogen-bond donors (Lipinski definition) is 3. The van der Waals surface area contributed by atoms with E-state index >= 15 is 0 Å². The molecule has 0 unspecified atom stereocenters. The van der Waals surface area contributed by atoms with Gasteiger partial charge in [-0.3, -0.25) is 9.89 Å². The molecule has 0 aliphatic rings. The van der Waals surface area contributed by atoms with Crippen LogP contribution in [0.4, 0.5) is 5.69 Å². The van der Waals surface area contributed by atoms with E-state index in [2.05, 4.69) is 35.8 Å². The molecule has 21 heavy (non-hydrogen) atoms. The number of nitrogens with one attached hydrogen (secondary N) is 3. The number of hydrogen-bond acceptors (Lipinski definition) is 6. The van der Waals surface area contributed by atoms with Crippen molar-refractivity contribution in [1.82, 2.24) is 30.5 Å². The van der Waals surface area contributed by atoms with E-state index in [1.165, 1.54) is 6.33 Å². The maximum absolute atomic E-state index is 12.2. The molecule has 2 heterocycles. The van der Waals surface area contributed by atoms with Gasteiger partial charge in [-0.05, 0) is 0 Å². The molecule has 8 nitrogen and oxygen atoms in total. The Balaban J connectivity index is 2.04. The summed E-state index contributed by atoms with van der Waals surface area (Å²) in [4.78, 5) is 24.8. The zero-order valence-electron chi connectivity index (χ0n) is 12.3. The van der Waals surface area contributed by atoms with Gasteiger partial charge in [0.25, 0.3) is 5.91 Å². The highest BCUT2D eigenvalue weighted by atomic mass is 16.1. The average molecular weight is 289 g/mol. The van der Waals surface area contributed by atoms with Gasteiger partial charge < -0.3 is 10.6 Å². The van der Waals surface area contributed by atoms with Crippen molar-refractivity contribution in [1.29, 1.82) is 0 Å². The van der Waals surface area contributed by atoms with Crippen LogP contribution in [0.3, 0.4) is 0 Å². The van der Waals surface area contributed by atoms with Crippen LogP contribution in [0.15, 0.2) is 12.5 Å². The topological polar surface area (TPSA) is 108 Å². The summed E-state index contributed by atoms with van der Waals surface area (Å²) in [6, 6.07) is 0. The van der Waals surface area contributed by atoms with E-state index in [0.29, 0.717) is 30.2 Å². The standard InChI is InChI=1S/C13H19N7O/c1-8(2)12-16-6-9(14-3)11(19-12)13(21)15-5-4-10-17-7-18-20-10/h6-8,14H,4-5H2,1-3H3,(H,15,21)(H,17,18,20). The van der Waals surface area contributed by atoms with Crippen LogP contribution in [0.25, 0.3) is 0 Å². The molecule has 0 aliphatic carbocycles. The number of aromatic amines is 1. The number of H-pyrrole nitrogens is 1. The zero-order valence-corrected chi connectivity index (χ0v) is 12.3. The summed E-state index contributed by atoms with van der Waals surface area (Å²) in [5.41, 5.74) is 0.963. The van der Waals surface area contributed by atoms with Crippen LogP contribution in [-0.2, 0) is 6.42 Å². The maximum atomic E-state index is 12.2. The van der Waals surface area contributed by atoms with Crippen molar-refractivity contribution in [3.63, 3.8) is 0 Å². The van der Waals surface area contributed by atoms with Crippen LogP contribution in [-0.4, -0.2) is 44.6 Å². The maximum Gasteiger partial charge on any atom is 0.272 e. The highest BCUT2D eigenvalue weighted by molar-refractivity contribution is 5.97. The van der Waals surface area contributed by atoms with Gasteiger partial charge >= 0.3 is 0 Å². The summed E-state index contributed by atoms with van der Waals surface area (Å²) in [6.07, 6.45) is 3.66. The Kier molecular flexibility index (Phi) is 4.81. The number of nitrogens with zero attached hydrogens (tertiary/aromatic N) is 4. The van der Waals surface area contributed by atoms with Crippen LogP contribution >= 0.6 is 0 Å². The lowest BCUT2D eigenvalue weighted by atomic mass is 10.2. The Hall–Kier alpha value is -2.51. The number of amides is 1. The minimum atomic E-state index is -0.233. The lowest BCUT2D eigenvalue weighted by molar-refractivity contribution is 0.0949. The zero-order chi connectivity index (χ0) is 15.2. The van der Waals surface area contributed by atoms with E-state index in [9.17, 15) is 4.79 Å². The molecule has 2 rings (SSSR count). The highest BCUT2D eigenvalue weighted by Gasteiger charge is 2.15. The molecule has 0 aromatic carbocycles. The Morgan fingerprint density at radius 2 is 2.19 bits per heavy atom. The molecule has 1 amide bonds. The summed E-state index contributed by atoms with van der Waals surface area (Å²) in [7, 11) is 1.74. The van der Waals surface area contributed by atoms with E-state index in [4.69, 9.17) is 0 Å². The first-order valence-corrected chi connectivity index (χ1v) is 6.79. The third-order valence-electron chi connectivity index (χ3n) is 2.92. The number of carbonyl (C=O) groups excluding carboxylic acids is 1. The fourth-order valence-electron chi connectivity index (χ4n) is 1.76. The van der Waals surface area contributed by atoms with Crippen molar-refractivity contribution in [2.75, 3.05) is 18.9 Å². The first kappa shape index (κ1) is 14.9. The fourth-order valence-corrected chi connectivity index (χ4v) is 1.76. The molecule has 0 fully saturated rings. The van der Waals surface area contributed by atoms with Crippen LogP contribution in [0.2, 0.25) is 0 Å². The van der Waals surface area contributed by atoms with Gasteiger partial charge in [0.1, 0.15) is 18.0 Å². The molecule has 3 N–H and O–H groups in total. The van der Waals surface area contributed by atoms with Crippen molar-refractivity contribution in [3.8, 4) is 0 Å². The van der Waals surface area contributed by atoms with Gasteiger partial charge in [-0.15, -0.1) is 0 Å². The summed E-state index contributed by atoms with van der Waals surface area (Å²) >= 11 is 0. The van der Waals surface area contributed by atoms with Gasteiger partial charge in [-0.25, -0.2) is 15.0 Å². The molecule has 0 spiro atoms. The summed E-state index contributed by atoms with van der Waals surface area (Å²) in [5.74, 6) is 1.31. The second-order valence-corrected chi connectivity index (χ2v) is 4.83. The van der Waals surface area contributed by atoms with Crippen LogP contribution < -0.4 is 10.6 Å². The number of aromatic nitrogens is 5. The molecular formula is C13H19N7O. The van der Waals surface area contributed by atoms with Crippen molar-refractivity contribution in [2.45, 2.75) is 26.2 Å². The summed E-state index contributed by atoms with van der Waals surface area (Å²) in [6.45, 7) is 4.43. The second-order valence-electron chi connectivity index (χ2n) is 4.83. The van der Waals surface area contributed by atoms with Gasteiger partial charge in [0.15, 0.2) is 5.69 Å². The first-order chi connectivity index (χ1) is 10.1. The molecule has 112 valence electrons. The Morgan fingerprint density at radius 3 is 2.81 bits per heavy atom. The monoisotopic (exact) mass is 289 g/mol. The Morgan fingerprint density at radius 1 is 1.38 bits per heavy atom. The summed E-state index contributed by atoms with van der Waals surface area (Å²) in [5, 5.41) is 12.3. The molecule has 0 saturated carbocycles. The Labute approximate surface area is 122 Å². The number of anilines is 1. The summed E-state index contributed by atoms with van der Waals surface area (Å²) < 4.78 is 0. The van der Waals surface area contributed by atoms with E-state index in [0.717, 1.165) is 5.82 Å². The lowest BCUT2D eigenvalue weighted by Gasteiger charge is -2.11. The Bertz CT molecular complexity index is 595. The van der Waals surface area contributed by atoms with Crippen LogP contribution in [0.5, 0.6) is 0 Å². The van der Waals surface area contributed by atoms with E-state index in [-0.39, 0.29) is 11.8 Å². The lowest BCUT2D eigenvalue weighted by Crippen LogP contribution is -2.28. The molecule has 0 saturated heterocycles. The van der Waals surface area contributed by atoms with E-state index < -0.39 is 0 Å². The third kappa shape index (κ3) is 3.74. The third-order valence-corrected chi connectivity index (χ3v) is 2.92. The number of rotatable bonds is 6. The van der Waals surface area contributed by atoms with Crippen molar-refractivity contribution in [3.05, 3.63) is 29.9 Å². The van der Waals surface area contributed by atoms with Crippen LogP contribution in [0, 0.1) is 0 Å². The van der Waals surface area contributed by atoms with Gasteiger partial charge in [-0.2, -0.15) is 5.10 Å². The van der Waals surface area contributed by atoms with Crippen LogP contribution in [0.1, 0.15) is 41.9 Å². The largest absolute Gasteiger partial charge is 0.385 e. The van der Waals surface area contributed by atoms with E-state index in [1.54, 1.807) is 13.2 Å². The van der Waals surface area contributed by atoms with Gasteiger partial charge in [-0.1, -0.05) is 13.8 Å². The predicted molar refractivity (Wildman–Crippen MR) is 78.1 cm³/mol. The normalized spacial score (nSPS) is 10.7. The quantitative estimate of drug-likeness (QED) is 0.723. The van der Waals surface area contributed by atoms with Gasteiger partial charge in [0.05, 0.1) is 11.9 Å². The molecular weight excluding hydrogens is 270 g/mol. The SMILES string of the molecule is CNc1cnc(C(C)C)nc1C(=O)NCCc1ncn[nH]1. The van der Waals surface area contributed by atoms with Crippen molar-refractivity contribution < 1.29 is 4.79 Å². The minimum absolute atomic E-state index is 0.164. The van der Waals surface area contributed by atoms with Crippen molar-refractivity contribution >= 4 is 11.6 Å². The molecule has 0 atom stereocenters. The highest BCUT2D eigenvalue weighted by Crippen LogP contribution is 2.15. The average Bonchev–Trinajstić information content (AvgIpc) is 2.99. The first-order valence-electron chi connectivity index (χ1n) is 6.79. The minimum Gasteiger partial charge on any atom is -0.385 e.